The number of amides is 1. The molecule has 2 rings (SSSR count). The maximum Gasteiger partial charge on any atom is 0.276 e. The normalized spacial score (nSPS) is 11.6. The molecule has 0 bridgehead atoms. The van der Waals surface area contributed by atoms with Gasteiger partial charge in [0.15, 0.2) is 0 Å². The maximum absolute atomic E-state index is 12.0. The maximum atomic E-state index is 12.0. The largest absolute Gasteiger partial charge is 0.276 e. The van der Waals surface area contributed by atoms with Gasteiger partial charge in [-0.2, -0.15) is 0 Å². The van der Waals surface area contributed by atoms with Crippen LogP contribution in [0.1, 0.15) is 34.1 Å². The Morgan fingerprint density at radius 1 is 1.36 bits per heavy atom. The second-order valence-corrected chi connectivity index (χ2v) is 8.11. The highest BCUT2D eigenvalue weighted by Crippen LogP contribution is 2.17. The number of aromatic nitrogens is 2. The van der Waals surface area contributed by atoms with E-state index in [-0.39, 0.29) is 5.75 Å². The minimum atomic E-state index is -3.76. The van der Waals surface area contributed by atoms with Crippen molar-refractivity contribution in [1.29, 1.82) is 0 Å². The third-order valence-corrected chi connectivity index (χ3v) is 4.92. The van der Waals surface area contributed by atoms with E-state index in [0.717, 1.165) is 11.4 Å². The lowest BCUT2D eigenvalue weighted by Crippen LogP contribution is -2.31. The lowest BCUT2D eigenvalue weighted by molar-refractivity contribution is 0.0985. The van der Waals surface area contributed by atoms with Crippen LogP contribution in [0.2, 0.25) is 0 Å². The topological polar surface area (TPSA) is 89.0 Å². The molecule has 118 valence electrons. The molecule has 2 heterocycles. The van der Waals surface area contributed by atoms with Gasteiger partial charge in [-0.3, -0.25) is 9.78 Å². The molecule has 0 radical (unpaired) electrons. The average molecular weight is 339 g/mol. The van der Waals surface area contributed by atoms with E-state index in [4.69, 9.17) is 0 Å². The third-order valence-electron chi connectivity index (χ3n) is 2.69. The van der Waals surface area contributed by atoms with Gasteiger partial charge in [-0.25, -0.2) is 18.1 Å². The molecule has 6 nitrogen and oxygen atoms in total. The van der Waals surface area contributed by atoms with Crippen LogP contribution in [0, 0.1) is 5.92 Å². The Bertz CT molecular complexity index is 740. The summed E-state index contributed by atoms with van der Waals surface area (Å²) in [5.74, 6) is -0.502. The summed E-state index contributed by atoms with van der Waals surface area (Å²) >= 11 is 1.22. The van der Waals surface area contributed by atoms with Crippen molar-refractivity contribution in [2.24, 2.45) is 5.92 Å². The molecule has 8 heteroatoms. The summed E-state index contributed by atoms with van der Waals surface area (Å²) in [6.45, 7) is 4.11. The Morgan fingerprint density at radius 3 is 2.77 bits per heavy atom. The number of rotatable bonds is 6. The summed E-state index contributed by atoms with van der Waals surface area (Å²) in [6.07, 6.45) is 5.19. The summed E-state index contributed by atoms with van der Waals surface area (Å²) in [5.41, 5.74) is 0.521. The lowest BCUT2D eigenvalue weighted by atomic mass is 10.1. The minimum absolute atomic E-state index is 0.287. The second kappa shape index (κ2) is 6.97. The van der Waals surface area contributed by atoms with E-state index in [1.54, 1.807) is 18.3 Å². The first kappa shape index (κ1) is 16.6. The lowest BCUT2D eigenvalue weighted by Gasteiger charge is -2.05. The molecular formula is C14H17N3O3S2. The summed E-state index contributed by atoms with van der Waals surface area (Å²) in [6, 6.07) is 3.29. The number of carbonyl (C=O) groups is 1. The Balaban J connectivity index is 2.03. The fourth-order valence-electron chi connectivity index (χ4n) is 1.79. The monoisotopic (exact) mass is 339 g/mol. The number of nitrogens with one attached hydrogen (secondary N) is 1. The highest BCUT2D eigenvalue weighted by Gasteiger charge is 2.19. The smallest absolute Gasteiger partial charge is 0.267 e. The SMILES string of the molecule is CC(C)Cc1ncc(C(=O)NS(=O)(=O)Cc2cccnc2)s1. The number of nitrogens with zero attached hydrogens (tertiary/aromatic N) is 2. The molecule has 1 amide bonds. The number of hydrogen-bond acceptors (Lipinski definition) is 6. The van der Waals surface area contributed by atoms with E-state index in [0.29, 0.717) is 16.4 Å². The molecular weight excluding hydrogens is 322 g/mol. The van der Waals surface area contributed by atoms with Gasteiger partial charge in [-0.15, -0.1) is 11.3 Å². The molecule has 0 aliphatic carbocycles. The van der Waals surface area contributed by atoms with Crippen LogP contribution in [-0.2, 0) is 22.2 Å². The van der Waals surface area contributed by atoms with E-state index in [2.05, 4.69) is 28.5 Å². The zero-order chi connectivity index (χ0) is 16.2. The van der Waals surface area contributed by atoms with E-state index >= 15 is 0 Å². The Hall–Kier alpha value is -1.80. The Morgan fingerprint density at radius 2 is 2.14 bits per heavy atom. The molecule has 0 aliphatic heterocycles. The van der Waals surface area contributed by atoms with Gasteiger partial charge in [0.05, 0.1) is 17.0 Å². The zero-order valence-corrected chi connectivity index (χ0v) is 13.9. The summed E-state index contributed by atoms with van der Waals surface area (Å²) < 4.78 is 26.0. The van der Waals surface area contributed by atoms with Gasteiger partial charge < -0.3 is 0 Å². The first-order chi connectivity index (χ1) is 10.4. The number of carbonyl (C=O) groups excluding carboxylic acids is 1. The molecule has 22 heavy (non-hydrogen) atoms. The number of sulfonamides is 1. The van der Waals surface area contributed by atoms with Crippen LogP contribution in [0.5, 0.6) is 0 Å². The molecule has 0 fully saturated rings. The molecule has 0 unspecified atom stereocenters. The van der Waals surface area contributed by atoms with Crippen LogP contribution >= 0.6 is 11.3 Å². The molecule has 0 atom stereocenters. The quantitative estimate of drug-likeness (QED) is 0.869. The summed E-state index contributed by atoms with van der Waals surface area (Å²) in [4.78, 5) is 20.3. The molecule has 0 aromatic carbocycles. The molecule has 1 N–H and O–H groups in total. The number of pyridine rings is 1. The summed E-state index contributed by atoms with van der Waals surface area (Å²) in [5, 5.41) is 0.824. The fourth-order valence-corrected chi connectivity index (χ4v) is 3.95. The van der Waals surface area contributed by atoms with Gasteiger partial charge >= 0.3 is 0 Å². The van der Waals surface area contributed by atoms with E-state index in [9.17, 15) is 13.2 Å². The van der Waals surface area contributed by atoms with Crippen LogP contribution < -0.4 is 4.72 Å². The highest BCUT2D eigenvalue weighted by molar-refractivity contribution is 7.89. The first-order valence-corrected chi connectivity index (χ1v) is 9.21. The van der Waals surface area contributed by atoms with Crippen molar-refractivity contribution in [3.8, 4) is 0 Å². The predicted molar refractivity (Wildman–Crippen MR) is 85.0 cm³/mol. The van der Waals surface area contributed by atoms with Gasteiger partial charge in [-0.1, -0.05) is 19.9 Å². The standard InChI is InChI=1S/C14H17N3O3S2/c1-10(2)6-13-16-8-12(21-13)14(18)17-22(19,20)9-11-4-3-5-15-7-11/h3-5,7-8,10H,6,9H2,1-2H3,(H,17,18). The van der Waals surface area contributed by atoms with E-state index in [1.165, 1.54) is 23.7 Å². The average Bonchev–Trinajstić information content (AvgIpc) is 2.86. The van der Waals surface area contributed by atoms with Crippen molar-refractivity contribution in [3.05, 3.63) is 46.2 Å². The van der Waals surface area contributed by atoms with Crippen molar-refractivity contribution in [1.82, 2.24) is 14.7 Å². The first-order valence-electron chi connectivity index (χ1n) is 6.74. The van der Waals surface area contributed by atoms with Gasteiger partial charge in [-0.05, 0) is 17.5 Å². The second-order valence-electron chi connectivity index (χ2n) is 5.27. The third kappa shape index (κ3) is 4.88. The molecule has 0 spiro atoms. The van der Waals surface area contributed by atoms with Crippen LogP contribution in [0.25, 0.3) is 0 Å². The number of thiazole rings is 1. The zero-order valence-electron chi connectivity index (χ0n) is 12.3. The fraction of sp³-hybridized carbons (Fsp3) is 0.357. The molecule has 2 aromatic rings. The van der Waals surface area contributed by atoms with Gasteiger partial charge in [0.25, 0.3) is 5.91 Å². The van der Waals surface area contributed by atoms with Gasteiger partial charge in [0, 0.05) is 18.8 Å². The van der Waals surface area contributed by atoms with Gasteiger partial charge in [0.2, 0.25) is 10.0 Å². The van der Waals surface area contributed by atoms with Gasteiger partial charge in [0.1, 0.15) is 4.88 Å². The van der Waals surface area contributed by atoms with Crippen molar-refractivity contribution >= 4 is 27.3 Å². The van der Waals surface area contributed by atoms with Crippen molar-refractivity contribution in [3.63, 3.8) is 0 Å². The van der Waals surface area contributed by atoms with Crippen molar-refractivity contribution < 1.29 is 13.2 Å². The predicted octanol–water partition coefficient (Wildman–Crippen LogP) is 2.00. The van der Waals surface area contributed by atoms with Crippen molar-refractivity contribution in [2.45, 2.75) is 26.0 Å². The molecule has 0 aliphatic rings. The summed E-state index contributed by atoms with van der Waals surface area (Å²) in [7, 11) is -3.76. The van der Waals surface area contributed by atoms with Crippen molar-refractivity contribution in [2.75, 3.05) is 0 Å². The van der Waals surface area contributed by atoms with Crippen LogP contribution in [0.15, 0.2) is 30.7 Å². The highest BCUT2D eigenvalue weighted by atomic mass is 32.2. The van der Waals surface area contributed by atoms with E-state index < -0.39 is 15.9 Å². The van der Waals surface area contributed by atoms with Crippen LogP contribution in [0.4, 0.5) is 0 Å². The van der Waals surface area contributed by atoms with Crippen LogP contribution in [0.3, 0.4) is 0 Å². The molecule has 2 aromatic heterocycles. The molecule has 0 saturated heterocycles. The minimum Gasteiger partial charge on any atom is -0.267 e. The van der Waals surface area contributed by atoms with E-state index in [1.807, 2.05) is 0 Å². The Labute approximate surface area is 133 Å². The number of hydrogen-bond donors (Lipinski definition) is 1. The van der Waals surface area contributed by atoms with Crippen LogP contribution in [-0.4, -0.2) is 24.3 Å². The Kier molecular flexibility index (Phi) is 5.25. The molecule has 0 saturated carbocycles.